The van der Waals surface area contributed by atoms with Gasteiger partial charge < -0.3 is 25.7 Å². The third-order valence-corrected chi connectivity index (χ3v) is 5.83. The predicted molar refractivity (Wildman–Crippen MR) is 146 cm³/mol. The molecular weight excluding hydrogens is 547 g/mol. The Bertz CT molecular complexity index is 1310. The van der Waals surface area contributed by atoms with Crippen LogP contribution in [-0.4, -0.2) is 25.4 Å². The van der Waals surface area contributed by atoms with Gasteiger partial charge in [0.1, 0.15) is 11.5 Å². The maximum atomic E-state index is 14.6. The Labute approximate surface area is 234 Å². The van der Waals surface area contributed by atoms with Crippen molar-refractivity contribution in [1.82, 2.24) is 0 Å². The number of nitrogens with two attached hydrogens (primary N) is 2. The molecule has 3 aromatic rings. The van der Waals surface area contributed by atoms with E-state index in [4.69, 9.17) is 25.7 Å². The summed E-state index contributed by atoms with van der Waals surface area (Å²) >= 11 is 0. The van der Waals surface area contributed by atoms with Crippen molar-refractivity contribution in [2.75, 3.05) is 24.7 Å². The molecule has 0 aliphatic heterocycles. The Balaban J connectivity index is 1.46. The van der Waals surface area contributed by atoms with Gasteiger partial charge in [0.15, 0.2) is 0 Å². The van der Waals surface area contributed by atoms with Crippen molar-refractivity contribution >= 4 is 23.4 Å². The molecule has 0 saturated heterocycles. The number of alkyl halides is 5. The lowest BCUT2D eigenvalue weighted by atomic mass is 10.00. The molecule has 0 aromatic heterocycles. The number of esters is 1. The Hall–Kier alpha value is -4.28. The van der Waals surface area contributed by atoms with Crippen molar-refractivity contribution in [1.29, 1.82) is 0 Å². The second-order valence-electron chi connectivity index (χ2n) is 9.18. The molecule has 3 rings (SSSR count). The van der Waals surface area contributed by atoms with Crippen LogP contribution in [0.1, 0.15) is 41.9 Å². The third kappa shape index (κ3) is 10.3. The second-order valence-corrected chi connectivity index (χ2v) is 9.18. The van der Waals surface area contributed by atoms with Gasteiger partial charge in [-0.3, -0.25) is 0 Å². The molecule has 4 N–H and O–H groups in total. The number of ether oxygens (including phenoxy) is 3. The SMILES string of the molecule is [CH2]C(COC(=O)/C=C/c1ccc(OC(F)(F)c2ccc(OCCCCC(F)(F)F)cc2)cc1)c1ccc(N)cc1N. The summed E-state index contributed by atoms with van der Waals surface area (Å²) in [6.45, 7) is 3.98. The molecule has 3 aromatic carbocycles. The van der Waals surface area contributed by atoms with E-state index >= 15 is 0 Å². The van der Waals surface area contributed by atoms with Crippen LogP contribution in [0, 0.1) is 6.92 Å². The van der Waals surface area contributed by atoms with Gasteiger partial charge in [-0.2, -0.15) is 22.0 Å². The van der Waals surface area contributed by atoms with E-state index in [1.165, 1.54) is 48.6 Å². The van der Waals surface area contributed by atoms with Gasteiger partial charge in [-0.15, -0.1) is 0 Å². The molecule has 0 fully saturated rings. The molecule has 11 heteroatoms. The quantitative estimate of drug-likeness (QED) is 0.0730. The lowest BCUT2D eigenvalue weighted by molar-refractivity contribution is -0.185. The Morgan fingerprint density at radius 1 is 0.902 bits per heavy atom. The third-order valence-electron chi connectivity index (χ3n) is 5.83. The predicted octanol–water partition coefficient (Wildman–Crippen LogP) is 7.26. The zero-order valence-corrected chi connectivity index (χ0v) is 22.0. The van der Waals surface area contributed by atoms with E-state index in [0.717, 1.165) is 12.1 Å². The van der Waals surface area contributed by atoms with Crippen LogP contribution >= 0.6 is 0 Å². The van der Waals surface area contributed by atoms with E-state index in [1.807, 2.05) is 0 Å². The molecule has 0 saturated carbocycles. The number of hydrogen-bond donors (Lipinski definition) is 2. The highest BCUT2D eigenvalue weighted by atomic mass is 19.4. The number of rotatable bonds is 13. The zero-order valence-electron chi connectivity index (χ0n) is 22.0. The highest BCUT2D eigenvalue weighted by molar-refractivity contribution is 5.87. The number of carbonyl (C=O) groups excluding carboxylic acids is 1. The lowest BCUT2D eigenvalue weighted by Crippen LogP contribution is -2.21. The van der Waals surface area contributed by atoms with E-state index in [9.17, 15) is 26.7 Å². The fourth-order valence-electron chi connectivity index (χ4n) is 3.67. The number of unbranched alkanes of at least 4 members (excludes halogenated alkanes) is 1. The standard InChI is InChI=1S/C30H30F5N2O4/c1-20(26-14-9-23(36)18-27(26)37)19-40-28(38)15-6-21-4-10-25(11-5-21)41-30(34,35)22-7-12-24(13-8-22)39-17-3-2-16-29(31,32)33/h4-15,18,20H,1-3,16-17,19,36-37H2/b15-6+. The van der Waals surface area contributed by atoms with Crippen molar-refractivity contribution in [2.45, 2.75) is 37.5 Å². The molecule has 1 unspecified atom stereocenters. The lowest BCUT2D eigenvalue weighted by Gasteiger charge is -2.18. The van der Waals surface area contributed by atoms with Crippen LogP contribution < -0.4 is 20.9 Å². The largest absolute Gasteiger partial charge is 0.494 e. The van der Waals surface area contributed by atoms with Crippen LogP contribution in [0.3, 0.4) is 0 Å². The molecule has 0 bridgehead atoms. The van der Waals surface area contributed by atoms with Gasteiger partial charge in [-0.05, 0) is 85.5 Å². The smallest absolute Gasteiger partial charge is 0.426 e. The van der Waals surface area contributed by atoms with Gasteiger partial charge >= 0.3 is 18.3 Å². The number of nitrogen functional groups attached to an aromatic ring is 2. The minimum atomic E-state index is -4.22. The number of carbonyl (C=O) groups is 1. The maximum absolute atomic E-state index is 14.6. The topological polar surface area (TPSA) is 96.8 Å². The maximum Gasteiger partial charge on any atom is 0.426 e. The average Bonchev–Trinajstić information content (AvgIpc) is 2.90. The summed E-state index contributed by atoms with van der Waals surface area (Å²) in [4.78, 5) is 12.1. The Kier molecular flexibility index (Phi) is 10.6. The minimum Gasteiger partial charge on any atom is -0.494 e. The molecule has 0 heterocycles. The molecule has 0 aliphatic rings. The second kappa shape index (κ2) is 13.9. The summed E-state index contributed by atoms with van der Waals surface area (Å²) in [5.41, 5.74) is 13.4. The summed E-state index contributed by atoms with van der Waals surface area (Å²) in [7, 11) is 0. The number of anilines is 2. The van der Waals surface area contributed by atoms with Gasteiger partial charge in [-0.25, -0.2) is 4.79 Å². The molecule has 219 valence electrons. The van der Waals surface area contributed by atoms with Crippen LogP contribution in [0.2, 0.25) is 0 Å². The van der Waals surface area contributed by atoms with E-state index in [0.29, 0.717) is 22.5 Å². The van der Waals surface area contributed by atoms with Crippen LogP contribution in [-0.2, 0) is 15.6 Å². The Morgan fingerprint density at radius 2 is 1.56 bits per heavy atom. The summed E-state index contributed by atoms with van der Waals surface area (Å²) in [5.74, 6) is -0.869. The summed E-state index contributed by atoms with van der Waals surface area (Å²) in [6.07, 6.45) is -6.02. The average molecular weight is 578 g/mol. The number of benzene rings is 3. The fraction of sp³-hybridized carbons (Fsp3) is 0.267. The monoisotopic (exact) mass is 577 g/mol. The summed E-state index contributed by atoms with van der Waals surface area (Å²) in [5, 5.41) is 0. The molecule has 1 atom stereocenters. The normalized spacial score (nSPS) is 12.7. The highest BCUT2D eigenvalue weighted by Crippen LogP contribution is 2.33. The first-order valence-corrected chi connectivity index (χ1v) is 12.6. The highest BCUT2D eigenvalue weighted by Gasteiger charge is 2.34. The van der Waals surface area contributed by atoms with Gasteiger partial charge in [0.05, 0.1) is 18.8 Å². The fourth-order valence-corrected chi connectivity index (χ4v) is 3.67. The van der Waals surface area contributed by atoms with Gasteiger partial charge in [0.2, 0.25) is 0 Å². The molecule has 1 radical (unpaired) electrons. The van der Waals surface area contributed by atoms with E-state index in [1.54, 1.807) is 18.2 Å². The first-order valence-electron chi connectivity index (χ1n) is 12.6. The summed E-state index contributed by atoms with van der Waals surface area (Å²) in [6, 6.07) is 15.5. The number of hydrogen-bond acceptors (Lipinski definition) is 6. The van der Waals surface area contributed by atoms with Crippen LogP contribution in [0.4, 0.5) is 33.3 Å². The van der Waals surface area contributed by atoms with Gasteiger partial charge in [0.25, 0.3) is 0 Å². The van der Waals surface area contributed by atoms with Crippen molar-refractivity contribution in [3.8, 4) is 11.5 Å². The number of halogens is 5. The molecule has 0 amide bonds. The van der Waals surface area contributed by atoms with Crippen LogP contribution in [0.5, 0.6) is 11.5 Å². The van der Waals surface area contributed by atoms with Crippen molar-refractivity contribution in [2.24, 2.45) is 0 Å². The van der Waals surface area contributed by atoms with E-state index < -0.39 is 36.2 Å². The van der Waals surface area contributed by atoms with Crippen molar-refractivity contribution in [3.63, 3.8) is 0 Å². The van der Waals surface area contributed by atoms with Crippen molar-refractivity contribution < 1.29 is 41.0 Å². The van der Waals surface area contributed by atoms with Gasteiger partial charge in [0, 0.05) is 29.8 Å². The van der Waals surface area contributed by atoms with E-state index in [2.05, 4.69) is 6.92 Å². The van der Waals surface area contributed by atoms with Crippen molar-refractivity contribution in [3.05, 3.63) is 96.4 Å². The summed E-state index contributed by atoms with van der Waals surface area (Å²) < 4.78 is 81.2. The molecular formula is C30H30F5N2O4. The zero-order chi connectivity index (χ0) is 30.0. The molecule has 41 heavy (non-hydrogen) atoms. The van der Waals surface area contributed by atoms with Gasteiger partial charge in [-0.1, -0.05) is 18.2 Å². The minimum absolute atomic E-state index is 0.00574. The molecule has 6 nitrogen and oxygen atoms in total. The van der Waals surface area contributed by atoms with Crippen LogP contribution in [0.25, 0.3) is 6.08 Å². The molecule has 0 spiro atoms. The molecule has 0 aliphatic carbocycles. The van der Waals surface area contributed by atoms with E-state index in [-0.39, 0.29) is 37.6 Å². The Morgan fingerprint density at radius 3 is 2.20 bits per heavy atom. The van der Waals surface area contributed by atoms with Crippen LogP contribution in [0.15, 0.2) is 72.8 Å². The first kappa shape index (κ1) is 31.3. The first-order chi connectivity index (χ1) is 19.3.